The summed E-state index contributed by atoms with van der Waals surface area (Å²) in [6.45, 7) is 4.10. The van der Waals surface area contributed by atoms with Crippen molar-refractivity contribution in [3.8, 4) is 5.75 Å². The van der Waals surface area contributed by atoms with Gasteiger partial charge in [0.15, 0.2) is 0 Å². The number of methoxy groups -OCH3 is 1. The van der Waals surface area contributed by atoms with E-state index in [1.54, 1.807) is 36.0 Å². The zero-order valence-corrected chi connectivity index (χ0v) is 12.4. The lowest BCUT2D eigenvalue weighted by Crippen LogP contribution is -2.50. The molecule has 6 nitrogen and oxygen atoms in total. The van der Waals surface area contributed by atoms with Gasteiger partial charge in [-0.3, -0.25) is 4.79 Å². The third-order valence-electron chi connectivity index (χ3n) is 3.43. The highest BCUT2D eigenvalue weighted by Crippen LogP contribution is 2.20. The van der Waals surface area contributed by atoms with Crippen LogP contribution in [-0.2, 0) is 4.74 Å². The lowest BCUT2D eigenvalue weighted by molar-refractivity contribution is 0.0568. The summed E-state index contributed by atoms with van der Waals surface area (Å²) in [5.41, 5.74) is 0.546. The Kier molecular flexibility index (Phi) is 5.03. The first kappa shape index (κ1) is 15.2. The van der Waals surface area contributed by atoms with Gasteiger partial charge in [0.05, 0.1) is 19.3 Å². The van der Waals surface area contributed by atoms with E-state index in [4.69, 9.17) is 9.47 Å². The largest absolute Gasteiger partial charge is 0.496 e. The summed E-state index contributed by atoms with van der Waals surface area (Å²) in [5, 5.41) is 0. The molecule has 1 fully saturated rings. The van der Waals surface area contributed by atoms with Crippen LogP contribution >= 0.6 is 0 Å². The number of para-hydroxylation sites is 1. The molecule has 2 rings (SSSR count). The van der Waals surface area contributed by atoms with Crippen molar-refractivity contribution in [1.29, 1.82) is 0 Å². The van der Waals surface area contributed by atoms with Crippen LogP contribution < -0.4 is 4.74 Å². The minimum atomic E-state index is -0.318. The van der Waals surface area contributed by atoms with Crippen molar-refractivity contribution >= 4 is 12.0 Å². The molecule has 0 atom stereocenters. The Bertz CT molecular complexity index is 510. The topological polar surface area (TPSA) is 59.1 Å². The number of benzene rings is 1. The van der Waals surface area contributed by atoms with E-state index >= 15 is 0 Å². The number of amides is 2. The van der Waals surface area contributed by atoms with E-state index in [0.29, 0.717) is 44.1 Å². The van der Waals surface area contributed by atoms with Crippen molar-refractivity contribution in [2.45, 2.75) is 6.92 Å². The number of ether oxygens (including phenoxy) is 2. The van der Waals surface area contributed by atoms with Crippen LogP contribution in [-0.4, -0.2) is 61.7 Å². The highest BCUT2D eigenvalue weighted by atomic mass is 16.6. The fourth-order valence-electron chi connectivity index (χ4n) is 2.30. The lowest BCUT2D eigenvalue weighted by Gasteiger charge is -2.34. The van der Waals surface area contributed by atoms with Gasteiger partial charge < -0.3 is 19.3 Å². The second-order valence-electron chi connectivity index (χ2n) is 4.68. The van der Waals surface area contributed by atoms with Crippen molar-refractivity contribution in [2.75, 3.05) is 39.9 Å². The second kappa shape index (κ2) is 6.97. The van der Waals surface area contributed by atoms with E-state index in [9.17, 15) is 9.59 Å². The van der Waals surface area contributed by atoms with Crippen LogP contribution in [0.1, 0.15) is 17.3 Å². The van der Waals surface area contributed by atoms with Gasteiger partial charge in [0.1, 0.15) is 5.75 Å². The van der Waals surface area contributed by atoms with Crippen LogP contribution in [0.2, 0.25) is 0 Å². The SMILES string of the molecule is CCOC(=O)N1CCN(C(=O)c2ccccc2OC)CC1. The summed E-state index contributed by atoms with van der Waals surface area (Å²) < 4.78 is 10.2. The predicted molar refractivity (Wildman–Crippen MR) is 77.5 cm³/mol. The number of hydrogen-bond donors (Lipinski definition) is 0. The number of carbonyl (C=O) groups excluding carboxylic acids is 2. The van der Waals surface area contributed by atoms with Crippen molar-refractivity contribution in [3.63, 3.8) is 0 Å². The molecule has 0 radical (unpaired) electrons. The fraction of sp³-hybridized carbons (Fsp3) is 0.467. The number of nitrogens with zero attached hydrogens (tertiary/aromatic N) is 2. The van der Waals surface area contributed by atoms with E-state index in [1.807, 2.05) is 12.1 Å². The molecule has 6 heteroatoms. The molecule has 0 unspecified atom stereocenters. The molecule has 1 aromatic rings. The monoisotopic (exact) mass is 292 g/mol. The van der Waals surface area contributed by atoms with Crippen LogP contribution in [0.15, 0.2) is 24.3 Å². The van der Waals surface area contributed by atoms with Crippen molar-refractivity contribution < 1.29 is 19.1 Å². The minimum absolute atomic E-state index is 0.0732. The Balaban J connectivity index is 1.99. The Morgan fingerprint density at radius 1 is 1.10 bits per heavy atom. The van der Waals surface area contributed by atoms with Crippen LogP contribution in [0.3, 0.4) is 0 Å². The van der Waals surface area contributed by atoms with Gasteiger partial charge >= 0.3 is 6.09 Å². The molecule has 1 saturated heterocycles. The molecular weight excluding hydrogens is 272 g/mol. The molecular formula is C15H20N2O4. The van der Waals surface area contributed by atoms with Gasteiger partial charge in [-0.25, -0.2) is 4.79 Å². The highest BCUT2D eigenvalue weighted by molar-refractivity contribution is 5.97. The molecule has 114 valence electrons. The number of rotatable bonds is 3. The molecule has 0 bridgehead atoms. The Hall–Kier alpha value is -2.24. The van der Waals surface area contributed by atoms with Gasteiger partial charge in [-0.05, 0) is 19.1 Å². The Morgan fingerprint density at radius 3 is 2.33 bits per heavy atom. The maximum atomic E-state index is 12.5. The summed E-state index contributed by atoms with van der Waals surface area (Å²) in [4.78, 5) is 27.5. The summed E-state index contributed by atoms with van der Waals surface area (Å²) in [7, 11) is 1.55. The fourth-order valence-corrected chi connectivity index (χ4v) is 2.30. The molecule has 1 aliphatic heterocycles. The van der Waals surface area contributed by atoms with E-state index < -0.39 is 0 Å². The van der Waals surface area contributed by atoms with E-state index in [-0.39, 0.29) is 12.0 Å². The third-order valence-corrected chi connectivity index (χ3v) is 3.43. The second-order valence-corrected chi connectivity index (χ2v) is 4.68. The molecule has 0 aliphatic carbocycles. The van der Waals surface area contributed by atoms with E-state index in [0.717, 1.165) is 0 Å². The predicted octanol–water partition coefficient (Wildman–Crippen LogP) is 1.61. The van der Waals surface area contributed by atoms with Crippen LogP contribution in [0.5, 0.6) is 5.75 Å². The number of hydrogen-bond acceptors (Lipinski definition) is 4. The summed E-state index contributed by atoms with van der Waals surface area (Å²) in [6.07, 6.45) is -0.318. The van der Waals surface area contributed by atoms with Crippen LogP contribution in [0.4, 0.5) is 4.79 Å². The average Bonchev–Trinajstić information content (AvgIpc) is 2.54. The lowest BCUT2D eigenvalue weighted by atomic mass is 10.1. The maximum absolute atomic E-state index is 12.5. The molecule has 0 spiro atoms. The maximum Gasteiger partial charge on any atom is 0.409 e. The molecule has 1 aliphatic rings. The summed E-state index contributed by atoms with van der Waals surface area (Å²) in [6, 6.07) is 7.15. The standard InChI is InChI=1S/C15H20N2O4/c1-3-21-15(19)17-10-8-16(9-11-17)14(18)12-6-4-5-7-13(12)20-2/h4-7H,3,8-11H2,1-2H3. The van der Waals surface area contributed by atoms with Crippen LogP contribution in [0.25, 0.3) is 0 Å². The smallest absolute Gasteiger partial charge is 0.409 e. The first-order valence-electron chi connectivity index (χ1n) is 7.01. The van der Waals surface area contributed by atoms with Gasteiger partial charge in [0, 0.05) is 26.2 Å². The van der Waals surface area contributed by atoms with E-state index in [2.05, 4.69) is 0 Å². The van der Waals surface area contributed by atoms with Crippen molar-refractivity contribution in [2.24, 2.45) is 0 Å². The number of piperazine rings is 1. The van der Waals surface area contributed by atoms with Gasteiger partial charge in [-0.1, -0.05) is 12.1 Å². The van der Waals surface area contributed by atoms with E-state index in [1.165, 1.54) is 0 Å². The van der Waals surface area contributed by atoms with Crippen molar-refractivity contribution in [3.05, 3.63) is 29.8 Å². The molecule has 21 heavy (non-hydrogen) atoms. The first-order chi connectivity index (χ1) is 10.2. The normalized spacial score (nSPS) is 14.8. The average molecular weight is 292 g/mol. The molecule has 0 aromatic heterocycles. The minimum Gasteiger partial charge on any atom is -0.496 e. The first-order valence-corrected chi connectivity index (χ1v) is 7.01. The Labute approximate surface area is 124 Å². The molecule has 1 aromatic carbocycles. The summed E-state index contributed by atoms with van der Waals surface area (Å²) >= 11 is 0. The zero-order chi connectivity index (χ0) is 15.2. The van der Waals surface area contributed by atoms with Crippen molar-refractivity contribution in [1.82, 2.24) is 9.80 Å². The molecule has 0 N–H and O–H groups in total. The zero-order valence-electron chi connectivity index (χ0n) is 12.4. The van der Waals surface area contributed by atoms with Gasteiger partial charge in [-0.2, -0.15) is 0 Å². The summed E-state index contributed by atoms with van der Waals surface area (Å²) in [5.74, 6) is 0.492. The van der Waals surface area contributed by atoms with Gasteiger partial charge in [-0.15, -0.1) is 0 Å². The quantitative estimate of drug-likeness (QED) is 0.849. The van der Waals surface area contributed by atoms with Gasteiger partial charge in [0.25, 0.3) is 5.91 Å². The Morgan fingerprint density at radius 2 is 1.71 bits per heavy atom. The number of carbonyl (C=O) groups is 2. The van der Waals surface area contributed by atoms with Crippen LogP contribution in [0, 0.1) is 0 Å². The highest BCUT2D eigenvalue weighted by Gasteiger charge is 2.26. The van der Waals surface area contributed by atoms with Gasteiger partial charge in [0.2, 0.25) is 0 Å². The third kappa shape index (κ3) is 3.45. The molecule has 1 heterocycles. The molecule has 0 saturated carbocycles. The molecule has 2 amide bonds.